The second-order valence-electron chi connectivity index (χ2n) is 6.14. The Morgan fingerprint density at radius 2 is 2.09 bits per heavy atom. The lowest BCUT2D eigenvalue weighted by atomic mass is 10.2. The van der Waals surface area contributed by atoms with Gasteiger partial charge in [0.15, 0.2) is 5.11 Å². The number of nitrogens with one attached hydrogen (secondary N) is 2. The van der Waals surface area contributed by atoms with Crippen LogP contribution in [0.3, 0.4) is 0 Å². The Kier molecular flexibility index (Phi) is 6.19. The van der Waals surface area contributed by atoms with Crippen LogP contribution in [-0.4, -0.2) is 37.2 Å². The van der Waals surface area contributed by atoms with Crippen molar-refractivity contribution >= 4 is 23.0 Å². The molecule has 0 radical (unpaired) electrons. The van der Waals surface area contributed by atoms with Gasteiger partial charge in [-0.05, 0) is 55.9 Å². The van der Waals surface area contributed by atoms with E-state index >= 15 is 0 Å². The molecule has 1 atom stereocenters. The predicted octanol–water partition coefficient (Wildman–Crippen LogP) is 2.49. The second kappa shape index (κ2) is 8.13. The average molecular weight is 332 g/mol. The number of rotatable bonds is 6. The number of thiocarbonyl (C=S) groups is 1. The summed E-state index contributed by atoms with van der Waals surface area (Å²) < 4.78 is 5.57. The van der Waals surface area contributed by atoms with E-state index in [4.69, 9.17) is 16.6 Å². The zero-order chi connectivity index (χ0) is 16.8. The SMILES string of the molecule is Cc1cccc(NC(=S)N(CC[NH+](C)C)C(C)c2ccco2)c1. The lowest BCUT2D eigenvalue weighted by Gasteiger charge is -2.31. The maximum absolute atomic E-state index is 5.67. The first kappa shape index (κ1) is 17.5. The molecule has 0 fully saturated rings. The molecule has 2 aromatic rings. The van der Waals surface area contributed by atoms with Crippen LogP contribution in [0, 0.1) is 6.92 Å². The first-order chi connectivity index (χ1) is 11.0. The maximum Gasteiger partial charge on any atom is 0.174 e. The maximum atomic E-state index is 5.67. The van der Waals surface area contributed by atoms with Crippen molar-refractivity contribution in [2.75, 3.05) is 32.5 Å². The van der Waals surface area contributed by atoms with Gasteiger partial charge in [-0.15, -0.1) is 0 Å². The molecule has 0 aliphatic heterocycles. The zero-order valence-electron chi connectivity index (χ0n) is 14.3. The number of benzene rings is 1. The summed E-state index contributed by atoms with van der Waals surface area (Å²) in [5.74, 6) is 0.923. The Balaban J connectivity index is 2.13. The molecule has 23 heavy (non-hydrogen) atoms. The molecule has 4 nitrogen and oxygen atoms in total. The van der Waals surface area contributed by atoms with Gasteiger partial charge in [0.1, 0.15) is 5.76 Å². The summed E-state index contributed by atoms with van der Waals surface area (Å²) in [5, 5.41) is 4.08. The van der Waals surface area contributed by atoms with Crippen LogP contribution < -0.4 is 10.2 Å². The smallest absolute Gasteiger partial charge is 0.174 e. The van der Waals surface area contributed by atoms with Crippen molar-refractivity contribution in [3.63, 3.8) is 0 Å². The highest BCUT2D eigenvalue weighted by molar-refractivity contribution is 7.80. The van der Waals surface area contributed by atoms with Crippen molar-refractivity contribution in [3.8, 4) is 0 Å². The van der Waals surface area contributed by atoms with Gasteiger partial charge in [-0.25, -0.2) is 0 Å². The van der Waals surface area contributed by atoms with Gasteiger partial charge in [0.25, 0.3) is 0 Å². The van der Waals surface area contributed by atoms with Gasteiger partial charge < -0.3 is 19.5 Å². The molecule has 2 N–H and O–H groups in total. The quantitative estimate of drug-likeness (QED) is 0.796. The van der Waals surface area contributed by atoms with E-state index in [-0.39, 0.29) is 6.04 Å². The highest BCUT2D eigenvalue weighted by Gasteiger charge is 2.21. The third-order valence-electron chi connectivity index (χ3n) is 3.81. The van der Waals surface area contributed by atoms with Crippen molar-refractivity contribution in [2.24, 2.45) is 0 Å². The third kappa shape index (κ3) is 5.08. The summed E-state index contributed by atoms with van der Waals surface area (Å²) >= 11 is 5.67. The number of nitrogens with zero attached hydrogens (tertiary/aromatic N) is 1. The van der Waals surface area contributed by atoms with Crippen LogP contribution in [-0.2, 0) is 0 Å². The molecule has 1 unspecified atom stereocenters. The monoisotopic (exact) mass is 332 g/mol. The number of hydrogen-bond donors (Lipinski definition) is 2. The van der Waals surface area contributed by atoms with Gasteiger partial charge >= 0.3 is 0 Å². The summed E-state index contributed by atoms with van der Waals surface area (Å²) in [6, 6.07) is 12.2. The molecule has 1 aromatic carbocycles. The minimum Gasteiger partial charge on any atom is -0.467 e. The van der Waals surface area contributed by atoms with Crippen LogP contribution in [0.25, 0.3) is 0 Å². The summed E-state index contributed by atoms with van der Waals surface area (Å²) in [6.45, 7) is 6.06. The number of quaternary nitrogens is 1. The minimum atomic E-state index is 0.0918. The highest BCUT2D eigenvalue weighted by Crippen LogP contribution is 2.21. The molecule has 1 heterocycles. The molecule has 2 rings (SSSR count). The van der Waals surface area contributed by atoms with E-state index in [1.807, 2.05) is 24.3 Å². The molecule has 0 bridgehead atoms. The van der Waals surface area contributed by atoms with Crippen molar-refractivity contribution < 1.29 is 9.32 Å². The molecule has 0 spiro atoms. The minimum absolute atomic E-state index is 0.0918. The van der Waals surface area contributed by atoms with Crippen molar-refractivity contribution in [1.82, 2.24) is 4.90 Å². The van der Waals surface area contributed by atoms with E-state index in [1.165, 1.54) is 10.5 Å². The van der Waals surface area contributed by atoms with Crippen LogP contribution in [0.5, 0.6) is 0 Å². The van der Waals surface area contributed by atoms with Crippen LogP contribution in [0.15, 0.2) is 47.1 Å². The Labute approximate surface area is 144 Å². The van der Waals surface area contributed by atoms with Crippen LogP contribution in [0.4, 0.5) is 5.69 Å². The number of likely N-dealkylation sites (N-methyl/N-ethyl adjacent to an activating group) is 1. The Hall–Kier alpha value is -1.85. The Morgan fingerprint density at radius 1 is 1.30 bits per heavy atom. The van der Waals surface area contributed by atoms with E-state index in [9.17, 15) is 0 Å². The van der Waals surface area contributed by atoms with Crippen molar-refractivity contribution in [3.05, 3.63) is 54.0 Å². The molecule has 1 aromatic heterocycles. The van der Waals surface area contributed by atoms with Gasteiger partial charge in [0, 0.05) is 5.69 Å². The molecule has 0 aliphatic rings. The zero-order valence-corrected chi connectivity index (χ0v) is 15.1. The highest BCUT2D eigenvalue weighted by atomic mass is 32.1. The summed E-state index contributed by atoms with van der Waals surface area (Å²) in [4.78, 5) is 3.57. The number of hydrogen-bond acceptors (Lipinski definition) is 2. The Bertz CT molecular complexity index is 625. The first-order valence-corrected chi connectivity index (χ1v) is 8.35. The molecular weight excluding hydrogens is 306 g/mol. The molecule has 0 aliphatic carbocycles. The van der Waals surface area contributed by atoms with Gasteiger partial charge in [-0.3, -0.25) is 0 Å². The largest absolute Gasteiger partial charge is 0.467 e. The fourth-order valence-electron chi connectivity index (χ4n) is 2.42. The van der Waals surface area contributed by atoms with E-state index in [1.54, 1.807) is 6.26 Å². The summed E-state index contributed by atoms with van der Waals surface area (Å²) in [7, 11) is 4.29. The fourth-order valence-corrected chi connectivity index (χ4v) is 2.78. The molecule has 0 saturated carbocycles. The van der Waals surface area contributed by atoms with Crippen LogP contribution in [0.1, 0.15) is 24.3 Å². The van der Waals surface area contributed by atoms with Crippen LogP contribution >= 0.6 is 12.2 Å². The molecule has 0 saturated heterocycles. The topological polar surface area (TPSA) is 32.9 Å². The standard InChI is InChI=1S/C18H25N3OS/c1-14-7-5-8-16(13-14)19-18(23)21(11-10-20(3)4)15(2)17-9-6-12-22-17/h5-9,12-13,15H,10-11H2,1-4H3,(H,19,23)/p+1. The van der Waals surface area contributed by atoms with Gasteiger partial charge in [0.05, 0.1) is 39.5 Å². The fraction of sp³-hybridized carbons (Fsp3) is 0.389. The number of anilines is 1. The lowest BCUT2D eigenvalue weighted by molar-refractivity contribution is -0.857. The number of furan rings is 1. The van der Waals surface area contributed by atoms with Gasteiger partial charge in [-0.2, -0.15) is 0 Å². The summed E-state index contributed by atoms with van der Waals surface area (Å²) in [5.41, 5.74) is 2.23. The second-order valence-corrected chi connectivity index (χ2v) is 6.53. The van der Waals surface area contributed by atoms with E-state index in [0.29, 0.717) is 0 Å². The van der Waals surface area contributed by atoms with Gasteiger partial charge in [-0.1, -0.05) is 12.1 Å². The van der Waals surface area contributed by atoms with E-state index in [0.717, 1.165) is 29.6 Å². The predicted molar refractivity (Wildman–Crippen MR) is 98.9 cm³/mol. The molecular formula is C18H26N3OS+. The molecule has 5 heteroatoms. The molecule has 124 valence electrons. The number of aryl methyl sites for hydroxylation is 1. The van der Waals surface area contributed by atoms with Crippen molar-refractivity contribution in [1.29, 1.82) is 0 Å². The van der Waals surface area contributed by atoms with E-state index < -0.39 is 0 Å². The van der Waals surface area contributed by atoms with E-state index in [2.05, 4.69) is 50.3 Å². The molecule has 0 amide bonds. The normalized spacial score (nSPS) is 12.2. The summed E-state index contributed by atoms with van der Waals surface area (Å²) in [6.07, 6.45) is 1.71. The lowest BCUT2D eigenvalue weighted by Crippen LogP contribution is -3.06. The average Bonchev–Trinajstić information content (AvgIpc) is 3.01. The van der Waals surface area contributed by atoms with Gasteiger partial charge in [0.2, 0.25) is 0 Å². The first-order valence-electron chi connectivity index (χ1n) is 7.94. The third-order valence-corrected chi connectivity index (χ3v) is 4.14. The Morgan fingerprint density at radius 3 is 2.70 bits per heavy atom. The van der Waals surface area contributed by atoms with Crippen molar-refractivity contribution in [2.45, 2.75) is 19.9 Å². The van der Waals surface area contributed by atoms with Crippen LogP contribution in [0.2, 0.25) is 0 Å².